The molecule has 4 rings (SSSR count). The molecule has 42 heavy (non-hydrogen) atoms. The van der Waals surface area contributed by atoms with Crippen molar-refractivity contribution in [2.75, 3.05) is 26.7 Å². The molecule has 2 aromatic carbocycles. The van der Waals surface area contributed by atoms with Gasteiger partial charge in [-0.05, 0) is 56.0 Å². The summed E-state index contributed by atoms with van der Waals surface area (Å²) in [5.74, 6) is -1.17. The maximum absolute atomic E-state index is 14.7. The minimum absolute atomic E-state index is 0.0155. The molecule has 2 heterocycles. The molecule has 0 radical (unpaired) electrons. The number of rotatable bonds is 10. The molecule has 2 aromatic rings. The Kier molecular flexibility index (Phi) is 9.45. The van der Waals surface area contributed by atoms with Crippen LogP contribution in [0.15, 0.2) is 48.5 Å². The van der Waals surface area contributed by atoms with Crippen LogP contribution in [0.5, 0.6) is 0 Å². The number of fused-ring (bicyclic) bond motifs is 1. The molecule has 0 saturated carbocycles. The first-order valence-electron chi connectivity index (χ1n) is 14.4. The first-order valence-corrected chi connectivity index (χ1v) is 14.8. The van der Waals surface area contributed by atoms with Gasteiger partial charge in [-0.25, -0.2) is 0 Å². The van der Waals surface area contributed by atoms with Crippen LogP contribution in [0.2, 0.25) is 5.02 Å². The lowest BCUT2D eigenvalue weighted by Crippen LogP contribution is -2.77. The fourth-order valence-electron chi connectivity index (χ4n) is 5.68. The maximum atomic E-state index is 14.7. The summed E-state index contributed by atoms with van der Waals surface area (Å²) in [6, 6.07) is 13.0. The number of hydrogen-bond acceptors (Lipinski definition) is 6. The number of carbonyl (C=O) groups excluding carboxylic acids is 4. The van der Waals surface area contributed by atoms with Crippen LogP contribution in [0.4, 0.5) is 0 Å². The average molecular weight is 596 g/mol. The SMILES string of the molecule is CN[C@@H](C)C(=O)N[C@H](C(=O)[C@@]12CN(CCc3ccc(Cl)cc3)C(=O)[C@H](Cc3ccc(C)cc3)N1C(=O)CN2)C(C)(C)C. The molecule has 0 unspecified atom stereocenters. The van der Waals surface area contributed by atoms with Gasteiger partial charge in [0, 0.05) is 18.0 Å². The lowest BCUT2D eigenvalue weighted by atomic mass is 9.78. The molecule has 4 atom stereocenters. The Bertz CT molecular complexity index is 1320. The summed E-state index contributed by atoms with van der Waals surface area (Å²) in [7, 11) is 1.68. The summed E-state index contributed by atoms with van der Waals surface area (Å²) in [6.45, 7) is 9.62. The summed E-state index contributed by atoms with van der Waals surface area (Å²) in [6.07, 6.45) is 0.819. The minimum Gasteiger partial charge on any atom is -0.344 e. The van der Waals surface area contributed by atoms with Crippen molar-refractivity contribution in [1.82, 2.24) is 25.8 Å². The van der Waals surface area contributed by atoms with Crippen LogP contribution in [0, 0.1) is 12.3 Å². The van der Waals surface area contributed by atoms with Gasteiger partial charge in [-0.15, -0.1) is 0 Å². The third kappa shape index (κ3) is 6.53. The standard InChI is InChI=1S/C32H42ClN5O4/c1-20-7-9-23(10-8-20)17-25-30(42)37(16-15-22-11-13-24(33)14-12-22)19-32(35-18-26(39)38(25)32)28(40)27(31(3,4)5)36-29(41)21(2)34-6/h7-14,21,25,27,34-35H,15-19H2,1-6H3,(H,36,41)/t21-,25-,27+,32+/m0/s1. The maximum Gasteiger partial charge on any atom is 0.245 e. The highest BCUT2D eigenvalue weighted by Crippen LogP contribution is 2.35. The summed E-state index contributed by atoms with van der Waals surface area (Å²) >= 11 is 6.07. The van der Waals surface area contributed by atoms with Crippen LogP contribution < -0.4 is 16.0 Å². The number of ketones is 1. The molecular weight excluding hydrogens is 554 g/mol. The number of Topliss-reactive ketones (excluding diaryl/α,β-unsaturated/α-hetero) is 1. The Labute approximate surface area is 253 Å². The van der Waals surface area contributed by atoms with Crippen LogP contribution in [0.25, 0.3) is 0 Å². The van der Waals surface area contributed by atoms with Crippen LogP contribution >= 0.6 is 11.6 Å². The van der Waals surface area contributed by atoms with E-state index < -0.39 is 29.2 Å². The van der Waals surface area contributed by atoms with E-state index in [1.807, 2.05) is 76.2 Å². The van der Waals surface area contributed by atoms with Gasteiger partial charge >= 0.3 is 0 Å². The second-order valence-electron chi connectivity index (χ2n) is 12.5. The van der Waals surface area contributed by atoms with Gasteiger partial charge in [0.2, 0.25) is 17.7 Å². The van der Waals surface area contributed by atoms with Crippen molar-refractivity contribution in [3.8, 4) is 0 Å². The number of piperazine rings is 1. The van der Waals surface area contributed by atoms with Crippen LogP contribution in [0.3, 0.4) is 0 Å². The zero-order valence-electron chi connectivity index (χ0n) is 25.3. The quantitative estimate of drug-likeness (QED) is 0.389. The van der Waals surface area contributed by atoms with E-state index in [9.17, 15) is 19.2 Å². The number of halogens is 1. The molecule has 10 heteroatoms. The zero-order chi connectivity index (χ0) is 30.8. The van der Waals surface area contributed by atoms with E-state index >= 15 is 0 Å². The number of amides is 3. The molecule has 226 valence electrons. The van der Waals surface area contributed by atoms with Crippen molar-refractivity contribution < 1.29 is 19.2 Å². The van der Waals surface area contributed by atoms with Gasteiger partial charge in [-0.3, -0.25) is 24.5 Å². The summed E-state index contributed by atoms with van der Waals surface area (Å²) < 4.78 is 0. The normalized spacial score (nSPS) is 22.1. The fourth-order valence-corrected chi connectivity index (χ4v) is 5.80. The summed E-state index contributed by atoms with van der Waals surface area (Å²) in [4.78, 5) is 58.5. The average Bonchev–Trinajstić information content (AvgIpc) is 3.29. The molecule has 2 saturated heterocycles. The third-order valence-electron chi connectivity index (χ3n) is 8.32. The molecule has 3 N–H and O–H groups in total. The number of aryl methyl sites for hydroxylation is 1. The van der Waals surface area contributed by atoms with Gasteiger partial charge in [-0.2, -0.15) is 0 Å². The third-order valence-corrected chi connectivity index (χ3v) is 8.57. The van der Waals surface area contributed by atoms with Crippen molar-refractivity contribution in [2.45, 2.75) is 71.2 Å². The van der Waals surface area contributed by atoms with Gasteiger partial charge in [-0.1, -0.05) is 74.3 Å². The predicted octanol–water partition coefficient (Wildman–Crippen LogP) is 2.48. The number of carbonyl (C=O) groups is 4. The van der Waals surface area contributed by atoms with E-state index in [0.29, 0.717) is 18.0 Å². The summed E-state index contributed by atoms with van der Waals surface area (Å²) in [5.41, 5.74) is 0.815. The van der Waals surface area contributed by atoms with E-state index in [1.54, 1.807) is 18.9 Å². The van der Waals surface area contributed by atoms with E-state index in [-0.39, 0.29) is 43.0 Å². The first kappa shape index (κ1) is 31.7. The summed E-state index contributed by atoms with van der Waals surface area (Å²) in [5, 5.41) is 9.70. The molecule has 0 spiro atoms. The van der Waals surface area contributed by atoms with Gasteiger partial charge in [0.1, 0.15) is 6.04 Å². The highest BCUT2D eigenvalue weighted by Gasteiger charge is 2.61. The van der Waals surface area contributed by atoms with Crippen molar-refractivity contribution in [1.29, 1.82) is 0 Å². The lowest BCUT2D eigenvalue weighted by molar-refractivity contribution is -0.165. The smallest absolute Gasteiger partial charge is 0.245 e. The minimum atomic E-state index is -1.49. The van der Waals surface area contributed by atoms with Gasteiger partial charge in [0.05, 0.1) is 25.2 Å². The fraction of sp³-hybridized carbons (Fsp3) is 0.500. The Balaban J connectivity index is 1.74. The number of nitrogens with one attached hydrogen (secondary N) is 3. The number of nitrogens with zero attached hydrogens (tertiary/aromatic N) is 2. The molecule has 9 nitrogen and oxygen atoms in total. The van der Waals surface area contributed by atoms with Crippen molar-refractivity contribution in [2.24, 2.45) is 5.41 Å². The van der Waals surface area contributed by atoms with Crippen LogP contribution in [0.1, 0.15) is 44.4 Å². The lowest BCUT2D eigenvalue weighted by Gasteiger charge is -2.51. The largest absolute Gasteiger partial charge is 0.344 e. The second kappa shape index (κ2) is 12.5. The molecule has 0 aliphatic carbocycles. The number of benzene rings is 2. The Hall–Kier alpha value is -3.27. The Morgan fingerprint density at radius 2 is 1.69 bits per heavy atom. The monoisotopic (exact) mass is 595 g/mol. The molecule has 2 fully saturated rings. The van der Waals surface area contributed by atoms with Crippen molar-refractivity contribution in [3.05, 3.63) is 70.2 Å². The highest BCUT2D eigenvalue weighted by atomic mass is 35.5. The van der Waals surface area contributed by atoms with E-state index in [0.717, 1.165) is 16.7 Å². The van der Waals surface area contributed by atoms with Crippen molar-refractivity contribution in [3.63, 3.8) is 0 Å². The first-order chi connectivity index (χ1) is 19.8. The Morgan fingerprint density at radius 1 is 1.07 bits per heavy atom. The molecule has 0 bridgehead atoms. The van der Waals surface area contributed by atoms with Gasteiger partial charge < -0.3 is 20.4 Å². The van der Waals surface area contributed by atoms with E-state index in [1.165, 1.54) is 4.90 Å². The van der Waals surface area contributed by atoms with E-state index in [4.69, 9.17) is 11.6 Å². The van der Waals surface area contributed by atoms with Crippen LogP contribution in [-0.4, -0.2) is 83.8 Å². The Morgan fingerprint density at radius 3 is 2.29 bits per heavy atom. The van der Waals surface area contributed by atoms with Gasteiger partial charge in [0.25, 0.3) is 0 Å². The number of hydrogen-bond donors (Lipinski definition) is 3. The van der Waals surface area contributed by atoms with Gasteiger partial charge in [0.15, 0.2) is 11.4 Å². The topological polar surface area (TPSA) is 111 Å². The number of likely N-dealkylation sites (N-methyl/N-ethyl adjacent to an activating group) is 1. The van der Waals surface area contributed by atoms with Crippen LogP contribution in [-0.2, 0) is 32.0 Å². The molecule has 2 aliphatic rings. The van der Waals surface area contributed by atoms with E-state index in [2.05, 4.69) is 16.0 Å². The molecule has 3 amide bonds. The second-order valence-corrected chi connectivity index (χ2v) is 12.9. The molecule has 0 aromatic heterocycles. The molecular formula is C32H42ClN5O4. The predicted molar refractivity (Wildman–Crippen MR) is 163 cm³/mol. The highest BCUT2D eigenvalue weighted by molar-refractivity contribution is 6.30. The zero-order valence-corrected chi connectivity index (χ0v) is 26.0. The molecule has 2 aliphatic heterocycles. The van der Waals surface area contributed by atoms with Crippen molar-refractivity contribution >= 4 is 35.1 Å².